The molecule has 92 valence electrons. The quantitative estimate of drug-likeness (QED) is 0.761. The molecule has 3 unspecified atom stereocenters. The van der Waals surface area contributed by atoms with Gasteiger partial charge < -0.3 is 15.0 Å². The lowest BCUT2D eigenvalue weighted by atomic mass is 10.0. The molecule has 0 aromatic rings. The summed E-state index contributed by atoms with van der Waals surface area (Å²) in [5.41, 5.74) is 0. The number of nitrogens with one attached hydrogen (secondary N) is 1. The minimum absolute atomic E-state index is 0.0283. The van der Waals surface area contributed by atoms with Crippen molar-refractivity contribution >= 4 is 5.91 Å². The van der Waals surface area contributed by atoms with Gasteiger partial charge in [0.25, 0.3) is 0 Å². The maximum Gasteiger partial charge on any atom is 0.229 e. The van der Waals surface area contributed by atoms with E-state index in [4.69, 9.17) is 4.74 Å². The summed E-state index contributed by atoms with van der Waals surface area (Å²) in [7, 11) is 1.90. The number of hydrogen-bond donors (Lipinski definition) is 1. The van der Waals surface area contributed by atoms with Crippen LogP contribution in [0.4, 0.5) is 0 Å². The van der Waals surface area contributed by atoms with Crippen LogP contribution < -0.4 is 5.32 Å². The van der Waals surface area contributed by atoms with E-state index in [1.54, 1.807) is 0 Å². The van der Waals surface area contributed by atoms with Crippen LogP contribution in [0.25, 0.3) is 0 Å². The summed E-state index contributed by atoms with van der Waals surface area (Å²) < 4.78 is 5.38. The number of carbonyl (C=O) groups is 1. The van der Waals surface area contributed by atoms with Crippen LogP contribution in [0.3, 0.4) is 0 Å². The molecule has 0 aromatic carbocycles. The van der Waals surface area contributed by atoms with Gasteiger partial charge in [0, 0.05) is 19.1 Å². The molecule has 0 radical (unpaired) electrons. The van der Waals surface area contributed by atoms with E-state index in [1.165, 1.54) is 12.8 Å². The maximum absolute atomic E-state index is 12.3. The fourth-order valence-electron chi connectivity index (χ4n) is 2.68. The predicted molar refractivity (Wildman–Crippen MR) is 62.1 cm³/mol. The van der Waals surface area contributed by atoms with Crippen LogP contribution in [0.2, 0.25) is 0 Å². The third-order valence-electron chi connectivity index (χ3n) is 3.94. The summed E-state index contributed by atoms with van der Waals surface area (Å²) in [6, 6.07) is 0.202. The minimum Gasteiger partial charge on any atom is -0.379 e. The van der Waals surface area contributed by atoms with Crippen molar-refractivity contribution in [1.29, 1.82) is 0 Å². The Kier molecular flexibility index (Phi) is 3.82. The number of carbonyl (C=O) groups excluding carboxylic acids is 1. The van der Waals surface area contributed by atoms with Crippen LogP contribution in [-0.2, 0) is 9.53 Å². The van der Waals surface area contributed by atoms with Gasteiger partial charge in [0.15, 0.2) is 0 Å². The Morgan fingerprint density at radius 2 is 2.31 bits per heavy atom. The van der Waals surface area contributed by atoms with Crippen LogP contribution in [0, 0.1) is 11.8 Å². The highest BCUT2D eigenvalue weighted by Crippen LogP contribution is 2.23. The van der Waals surface area contributed by atoms with Crippen molar-refractivity contribution in [3.05, 3.63) is 0 Å². The van der Waals surface area contributed by atoms with Crippen LogP contribution in [0.1, 0.15) is 19.8 Å². The van der Waals surface area contributed by atoms with E-state index < -0.39 is 0 Å². The molecule has 0 aliphatic carbocycles. The summed E-state index contributed by atoms with van der Waals surface area (Å²) in [5, 5.41) is 3.17. The normalized spacial score (nSPS) is 34.6. The van der Waals surface area contributed by atoms with E-state index >= 15 is 0 Å². The molecule has 2 rings (SSSR count). The zero-order valence-electron chi connectivity index (χ0n) is 10.2. The van der Waals surface area contributed by atoms with Gasteiger partial charge >= 0.3 is 0 Å². The number of ether oxygens (including phenoxy) is 1. The van der Waals surface area contributed by atoms with Gasteiger partial charge in [-0.25, -0.2) is 0 Å². The smallest absolute Gasteiger partial charge is 0.229 e. The van der Waals surface area contributed by atoms with E-state index in [2.05, 4.69) is 12.2 Å². The van der Waals surface area contributed by atoms with Crippen molar-refractivity contribution in [3.63, 3.8) is 0 Å². The summed E-state index contributed by atoms with van der Waals surface area (Å²) in [5.74, 6) is 1.02. The van der Waals surface area contributed by atoms with E-state index in [0.29, 0.717) is 19.1 Å². The van der Waals surface area contributed by atoms with Crippen LogP contribution >= 0.6 is 0 Å². The van der Waals surface area contributed by atoms with Crippen molar-refractivity contribution in [3.8, 4) is 0 Å². The minimum atomic E-state index is 0.0283. The average Bonchev–Trinajstić information content (AvgIpc) is 2.96. The highest BCUT2D eigenvalue weighted by molar-refractivity contribution is 5.80. The topological polar surface area (TPSA) is 41.6 Å². The van der Waals surface area contributed by atoms with Crippen LogP contribution in [0.5, 0.6) is 0 Å². The van der Waals surface area contributed by atoms with E-state index in [9.17, 15) is 4.79 Å². The van der Waals surface area contributed by atoms with Crippen molar-refractivity contribution < 1.29 is 9.53 Å². The Bertz CT molecular complexity index is 257. The predicted octanol–water partition coefficient (Wildman–Crippen LogP) is 0.479. The number of likely N-dealkylation sites (N-methyl/N-ethyl adjacent to an activating group) is 1. The third kappa shape index (κ3) is 2.23. The zero-order valence-corrected chi connectivity index (χ0v) is 10.2. The first kappa shape index (κ1) is 11.9. The van der Waals surface area contributed by atoms with Crippen molar-refractivity contribution in [2.24, 2.45) is 11.8 Å². The number of hydrogen-bond acceptors (Lipinski definition) is 3. The maximum atomic E-state index is 12.3. The molecule has 16 heavy (non-hydrogen) atoms. The van der Waals surface area contributed by atoms with E-state index in [-0.39, 0.29) is 17.9 Å². The lowest BCUT2D eigenvalue weighted by Gasteiger charge is -2.23. The molecule has 3 atom stereocenters. The molecule has 2 aliphatic rings. The van der Waals surface area contributed by atoms with Gasteiger partial charge in [-0.2, -0.15) is 0 Å². The zero-order chi connectivity index (χ0) is 11.5. The van der Waals surface area contributed by atoms with Crippen molar-refractivity contribution in [1.82, 2.24) is 10.2 Å². The van der Waals surface area contributed by atoms with E-state index in [1.807, 2.05) is 11.9 Å². The molecule has 1 N–H and O–H groups in total. The monoisotopic (exact) mass is 226 g/mol. The first-order chi connectivity index (χ1) is 7.76. The number of nitrogens with zero attached hydrogens (tertiary/aromatic N) is 1. The SMILES string of the molecule is CCC1CCN(C(=O)C2COCC2NC)C1. The average molecular weight is 226 g/mol. The second-order valence-electron chi connectivity index (χ2n) is 4.89. The molecule has 4 nitrogen and oxygen atoms in total. The number of amides is 1. The lowest BCUT2D eigenvalue weighted by molar-refractivity contribution is -0.135. The lowest BCUT2D eigenvalue weighted by Crippen LogP contribution is -2.44. The Hall–Kier alpha value is -0.610. The Balaban J connectivity index is 1.92. The second kappa shape index (κ2) is 5.15. The Labute approximate surface area is 97.3 Å². The molecule has 0 saturated carbocycles. The van der Waals surface area contributed by atoms with Gasteiger partial charge in [-0.15, -0.1) is 0 Å². The molecule has 2 fully saturated rings. The van der Waals surface area contributed by atoms with Gasteiger partial charge in [-0.1, -0.05) is 13.3 Å². The fraction of sp³-hybridized carbons (Fsp3) is 0.917. The van der Waals surface area contributed by atoms with Gasteiger partial charge in [-0.05, 0) is 19.4 Å². The summed E-state index contributed by atoms with van der Waals surface area (Å²) in [6.45, 7) is 5.33. The summed E-state index contributed by atoms with van der Waals surface area (Å²) in [4.78, 5) is 14.3. The molecular formula is C12H22N2O2. The number of likely N-dealkylation sites (tertiary alicyclic amines) is 1. The van der Waals surface area contributed by atoms with Crippen molar-refractivity contribution in [2.75, 3.05) is 33.4 Å². The molecule has 0 aromatic heterocycles. The second-order valence-corrected chi connectivity index (χ2v) is 4.89. The molecule has 2 aliphatic heterocycles. The molecule has 2 saturated heterocycles. The Morgan fingerprint density at radius 1 is 1.50 bits per heavy atom. The molecular weight excluding hydrogens is 204 g/mol. The van der Waals surface area contributed by atoms with Gasteiger partial charge in [0.1, 0.15) is 0 Å². The Morgan fingerprint density at radius 3 is 2.94 bits per heavy atom. The van der Waals surface area contributed by atoms with Gasteiger partial charge in [0.05, 0.1) is 19.1 Å². The first-order valence-electron chi connectivity index (χ1n) is 6.30. The number of rotatable bonds is 3. The highest BCUT2D eigenvalue weighted by atomic mass is 16.5. The highest BCUT2D eigenvalue weighted by Gasteiger charge is 2.37. The van der Waals surface area contributed by atoms with Crippen LogP contribution in [-0.4, -0.2) is 50.2 Å². The fourth-order valence-corrected chi connectivity index (χ4v) is 2.68. The molecule has 2 heterocycles. The standard InChI is InChI=1S/C12H22N2O2/c1-3-9-4-5-14(6-9)12(15)10-7-16-8-11(10)13-2/h9-11,13H,3-8H2,1-2H3. The van der Waals surface area contributed by atoms with Gasteiger partial charge in [-0.3, -0.25) is 4.79 Å². The van der Waals surface area contributed by atoms with Crippen LogP contribution in [0.15, 0.2) is 0 Å². The van der Waals surface area contributed by atoms with E-state index in [0.717, 1.165) is 13.1 Å². The largest absolute Gasteiger partial charge is 0.379 e. The molecule has 0 spiro atoms. The third-order valence-corrected chi connectivity index (χ3v) is 3.94. The molecule has 0 bridgehead atoms. The van der Waals surface area contributed by atoms with Crippen molar-refractivity contribution in [2.45, 2.75) is 25.8 Å². The van der Waals surface area contributed by atoms with Gasteiger partial charge in [0.2, 0.25) is 5.91 Å². The summed E-state index contributed by atoms with van der Waals surface area (Å²) in [6.07, 6.45) is 2.35. The molecule has 4 heteroatoms. The molecule has 1 amide bonds. The summed E-state index contributed by atoms with van der Waals surface area (Å²) >= 11 is 0. The first-order valence-corrected chi connectivity index (χ1v) is 6.30.